The Kier molecular flexibility index (Phi) is 14.9. The number of benzene rings is 4. The van der Waals surface area contributed by atoms with Gasteiger partial charge in [-0.15, -0.1) is 0 Å². The quantitative estimate of drug-likeness (QED) is 0.102. The number of rotatable bonds is 10. The van der Waals surface area contributed by atoms with Crippen LogP contribution in [0.2, 0.25) is 5.15 Å². The monoisotopic (exact) mass is 760 g/mol. The lowest BCUT2D eigenvalue weighted by molar-refractivity contribution is 0.373. The molecular weight excluding hydrogens is 725 g/mol. The topological polar surface area (TPSA) is 169 Å². The van der Waals surface area contributed by atoms with Gasteiger partial charge in [-0.3, -0.25) is 0 Å². The van der Waals surface area contributed by atoms with E-state index in [1.54, 1.807) is 42.5 Å². The van der Waals surface area contributed by atoms with Gasteiger partial charge in [-0.1, -0.05) is 23.7 Å². The molecule has 0 aliphatic heterocycles. The molecule has 0 amide bonds. The van der Waals surface area contributed by atoms with E-state index < -0.39 is 12.9 Å². The van der Waals surface area contributed by atoms with Crippen molar-refractivity contribution in [3.05, 3.63) is 137 Å². The van der Waals surface area contributed by atoms with Crippen LogP contribution in [-0.4, -0.2) is 75.8 Å². The van der Waals surface area contributed by atoms with Crippen LogP contribution >= 0.6 is 11.6 Å². The fraction of sp³-hybridized carbons (Fsp3) is 0.158. The molecule has 0 aliphatic rings. The van der Waals surface area contributed by atoms with Crippen molar-refractivity contribution in [1.29, 1.82) is 0 Å². The summed E-state index contributed by atoms with van der Waals surface area (Å²) in [7, 11) is 4.20. The molecule has 2 heterocycles. The van der Waals surface area contributed by atoms with Gasteiger partial charge in [0.25, 0.3) is 0 Å². The first-order valence-electron chi connectivity index (χ1n) is 16.0. The molecule has 6 aromatic rings. The van der Waals surface area contributed by atoms with Crippen molar-refractivity contribution >= 4 is 24.2 Å². The van der Waals surface area contributed by atoms with E-state index in [1.165, 1.54) is 65.4 Å². The van der Waals surface area contributed by atoms with Gasteiger partial charge < -0.3 is 39.2 Å². The van der Waals surface area contributed by atoms with Crippen molar-refractivity contribution in [2.45, 2.75) is 12.8 Å². The number of ether oxygens (including phenoxy) is 4. The fourth-order valence-corrected chi connectivity index (χ4v) is 5.17. The first-order chi connectivity index (χ1) is 25.9. The minimum Gasteiger partial charge on any atom is -0.504 e. The summed E-state index contributed by atoms with van der Waals surface area (Å²) in [6.45, 7) is 0. The van der Waals surface area contributed by atoms with Gasteiger partial charge in [-0.25, -0.2) is 28.7 Å². The molecule has 0 spiro atoms. The van der Waals surface area contributed by atoms with E-state index in [0.717, 1.165) is 28.6 Å². The molecule has 4 N–H and O–H groups in total. The predicted octanol–water partition coefficient (Wildman–Crippen LogP) is 5.55. The lowest BCUT2D eigenvalue weighted by Gasteiger charge is -2.10. The van der Waals surface area contributed by atoms with Gasteiger partial charge in [-0.05, 0) is 83.9 Å². The molecule has 0 saturated heterocycles. The van der Waals surface area contributed by atoms with E-state index in [4.69, 9.17) is 40.6 Å². The molecule has 0 radical (unpaired) electrons. The maximum atomic E-state index is 13.6. The largest absolute Gasteiger partial charge is 0.504 e. The molecule has 0 aliphatic carbocycles. The van der Waals surface area contributed by atoms with E-state index in [2.05, 4.69) is 19.9 Å². The molecule has 0 unspecified atom stereocenters. The molecule has 0 fully saturated rings. The van der Waals surface area contributed by atoms with Gasteiger partial charge in [0.2, 0.25) is 0 Å². The molecule has 0 saturated carbocycles. The molecule has 4 aromatic carbocycles. The third-order valence-electron chi connectivity index (χ3n) is 7.58. The standard InChI is InChI=1S/C19H17FN2O3.C12H11ClN2O2.C7H8BFO3/c1-24-18-6-4-13(20)9-15(18)16-10-14(21-11-22-16)7-12-3-5-19(25-2)17(23)8-12;1-17-11-3-2-8(5-10(11)16)4-9-6-12(13)15-7-14-9;1-12-7-3-2-5(9)4-6(7)8(10)11/h3-6,8-11,23H,7H2,1-2H3;2-3,5-7,16H,4H2,1H3;2-4,10-11H,1H3. The van der Waals surface area contributed by atoms with Crippen molar-refractivity contribution in [3.63, 3.8) is 0 Å². The second-order valence-corrected chi connectivity index (χ2v) is 11.6. The number of phenols is 2. The lowest BCUT2D eigenvalue weighted by Crippen LogP contribution is -2.31. The number of methoxy groups -OCH3 is 4. The smallest absolute Gasteiger partial charge is 0.492 e. The van der Waals surface area contributed by atoms with E-state index >= 15 is 0 Å². The van der Waals surface area contributed by atoms with Crippen molar-refractivity contribution in [2.24, 2.45) is 0 Å². The summed E-state index contributed by atoms with van der Waals surface area (Å²) in [4.78, 5) is 16.4. The maximum absolute atomic E-state index is 13.6. The summed E-state index contributed by atoms with van der Waals surface area (Å²) in [5.74, 6) is 0.951. The second-order valence-electron chi connectivity index (χ2n) is 11.2. The summed E-state index contributed by atoms with van der Waals surface area (Å²) in [5.41, 5.74) is 4.49. The first kappa shape index (κ1) is 40.7. The Bertz CT molecular complexity index is 2170. The van der Waals surface area contributed by atoms with E-state index in [-0.39, 0.29) is 28.5 Å². The van der Waals surface area contributed by atoms with Gasteiger partial charge in [0.1, 0.15) is 40.9 Å². The number of phenolic OH excluding ortho intramolecular Hbond substituents is 2. The predicted molar refractivity (Wildman–Crippen MR) is 199 cm³/mol. The van der Waals surface area contributed by atoms with Crippen molar-refractivity contribution < 1.29 is 48.0 Å². The van der Waals surface area contributed by atoms with Gasteiger partial charge in [0, 0.05) is 35.3 Å². The zero-order chi connectivity index (χ0) is 39.2. The number of hydrogen-bond donors (Lipinski definition) is 4. The Morgan fingerprint density at radius 2 is 1.06 bits per heavy atom. The molecule has 16 heteroatoms. The van der Waals surface area contributed by atoms with Crippen molar-refractivity contribution in [1.82, 2.24) is 19.9 Å². The van der Waals surface area contributed by atoms with E-state index in [1.807, 2.05) is 12.1 Å². The minimum absolute atomic E-state index is 0.0255. The average Bonchev–Trinajstić information content (AvgIpc) is 3.15. The molecule has 12 nitrogen and oxygen atoms in total. The van der Waals surface area contributed by atoms with Crippen LogP contribution in [0.1, 0.15) is 22.5 Å². The van der Waals surface area contributed by atoms with Crippen LogP contribution in [0.5, 0.6) is 34.5 Å². The number of hydrogen-bond acceptors (Lipinski definition) is 12. The highest BCUT2D eigenvalue weighted by Crippen LogP contribution is 2.31. The summed E-state index contributed by atoms with van der Waals surface area (Å²) < 4.78 is 46.2. The maximum Gasteiger partial charge on any atom is 0.492 e. The van der Waals surface area contributed by atoms with Gasteiger partial charge >= 0.3 is 7.12 Å². The van der Waals surface area contributed by atoms with Gasteiger partial charge in [-0.2, -0.15) is 0 Å². The van der Waals surface area contributed by atoms with Crippen LogP contribution in [0.15, 0.2) is 97.6 Å². The fourth-order valence-electron chi connectivity index (χ4n) is 5.01. The molecule has 0 bridgehead atoms. The van der Waals surface area contributed by atoms with Crippen LogP contribution < -0.4 is 24.4 Å². The van der Waals surface area contributed by atoms with Gasteiger partial charge in [0.05, 0.1) is 34.1 Å². The van der Waals surface area contributed by atoms with Crippen LogP contribution in [-0.2, 0) is 12.8 Å². The Morgan fingerprint density at radius 3 is 1.56 bits per heavy atom. The lowest BCUT2D eigenvalue weighted by atomic mass is 9.79. The molecule has 6 rings (SSSR count). The van der Waals surface area contributed by atoms with Crippen LogP contribution in [0.25, 0.3) is 11.3 Å². The van der Waals surface area contributed by atoms with Crippen LogP contribution in [0, 0.1) is 11.6 Å². The second kappa shape index (κ2) is 19.7. The highest BCUT2D eigenvalue weighted by atomic mass is 35.5. The number of nitrogens with zero attached hydrogens (tertiary/aromatic N) is 4. The SMILES string of the molecule is COc1ccc(Cc2cc(-c3cc(F)ccc3OC)ncn2)cc1O.COc1ccc(Cc2cc(Cl)ncn2)cc1O.COc1ccc(F)cc1B(O)O. The highest BCUT2D eigenvalue weighted by molar-refractivity contribution is 6.59. The molecule has 280 valence electrons. The Balaban J connectivity index is 0.000000194. The van der Waals surface area contributed by atoms with Crippen LogP contribution in [0.3, 0.4) is 0 Å². The van der Waals surface area contributed by atoms with E-state index in [9.17, 15) is 19.0 Å². The third kappa shape index (κ3) is 11.5. The number of aromatic hydroxyl groups is 2. The number of halogens is 3. The molecule has 0 atom stereocenters. The zero-order valence-corrected chi connectivity index (χ0v) is 30.3. The number of aromatic nitrogens is 4. The zero-order valence-electron chi connectivity index (χ0n) is 29.6. The summed E-state index contributed by atoms with van der Waals surface area (Å²) >= 11 is 5.77. The van der Waals surface area contributed by atoms with Crippen molar-refractivity contribution in [3.8, 4) is 45.8 Å². The van der Waals surface area contributed by atoms with Crippen molar-refractivity contribution in [2.75, 3.05) is 28.4 Å². The first-order valence-corrected chi connectivity index (χ1v) is 16.3. The highest BCUT2D eigenvalue weighted by Gasteiger charge is 2.17. The summed E-state index contributed by atoms with van der Waals surface area (Å²) in [6.07, 6.45) is 3.92. The molecular formula is C38H36BClF2N4O8. The van der Waals surface area contributed by atoms with E-state index in [0.29, 0.717) is 46.5 Å². The Morgan fingerprint density at radius 1 is 0.574 bits per heavy atom. The third-order valence-corrected chi connectivity index (χ3v) is 7.79. The normalized spacial score (nSPS) is 10.2. The summed E-state index contributed by atoms with van der Waals surface area (Å²) in [5, 5.41) is 37.5. The Labute approximate surface area is 315 Å². The summed E-state index contributed by atoms with van der Waals surface area (Å²) in [6, 6.07) is 21.7. The molecule has 54 heavy (non-hydrogen) atoms. The molecule has 2 aromatic heterocycles. The Hall–Kier alpha value is -6.03. The van der Waals surface area contributed by atoms with Gasteiger partial charge in [0.15, 0.2) is 23.0 Å². The minimum atomic E-state index is -1.71. The van der Waals surface area contributed by atoms with Crippen LogP contribution in [0.4, 0.5) is 8.78 Å². The average molecular weight is 761 g/mol.